The second-order valence-electron chi connectivity index (χ2n) is 7.21. The third-order valence-electron chi connectivity index (χ3n) is 4.78. The molecule has 0 saturated heterocycles. The Kier molecular flexibility index (Phi) is 12.0. The third-order valence-corrected chi connectivity index (χ3v) is 4.78. The number of hydroxylamine groups is 1. The smallest absolute Gasteiger partial charge is 0.414 e. The molecule has 0 heterocycles. The van der Waals surface area contributed by atoms with Crippen LogP contribution in [0.1, 0.15) is 41.8 Å². The first-order valence-corrected chi connectivity index (χ1v) is 11.1. The highest BCUT2D eigenvalue weighted by atomic mass is 16.6. The summed E-state index contributed by atoms with van der Waals surface area (Å²) in [5, 5.41) is 20.0. The number of carbonyl (C=O) groups is 3. The number of hydrogen-bond donors (Lipinski definition) is 4. The number of aliphatic hydroxyl groups is 1. The lowest BCUT2D eigenvalue weighted by Crippen LogP contribution is -2.35. The molecule has 0 radical (unpaired) electrons. The number of rotatable bonds is 13. The normalized spacial score (nSPS) is 12.5. The number of alkyl carbamates (subject to hydrolysis) is 1. The van der Waals surface area contributed by atoms with Gasteiger partial charge < -0.3 is 19.3 Å². The lowest BCUT2D eigenvalue weighted by atomic mass is 9.99. The van der Waals surface area contributed by atoms with Gasteiger partial charge in [-0.1, -0.05) is 42.5 Å². The maximum absolute atomic E-state index is 12.7. The molecule has 2 rings (SSSR count). The summed E-state index contributed by atoms with van der Waals surface area (Å²) >= 11 is 0. The van der Waals surface area contributed by atoms with Gasteiger partial charge in [-0.25, -0.2) is 10.3 Å². The molecule has 4 N–H and O–H groups in total. The first kappa shape index (κ1) is 27.5. The summed E-state index contributed by atoms with van der Waals surface area (Å²) < 4.78 is 17.2. The van der Waals surface area contributed by atoms with Crippen molar-refractivity contribution in [2.75, 3.05) is 19.8 Å². The van der Waals surface area contributed by atoms with Gasteiger partial charge in [0.1, 0.15) is 12.4 Å². The molecule has 10 heteroatoms. The fourth-order valence-corrected chi connectivity index (χ4v) is 3.27. The molecule has 0 unspecified atom stereocenters. The molecular weight excluding hydrogens is 456 g/mol. The van der Waals surface area contributed by atoms with Gasteiger partial charge >= 0.3 is 6.09 Å². The van der Waals surface area contributed by atoms with Gasteiger partial charge in [0.25, 0.3) is 11.8 Å². The zero-order valence-corrected chi connectivity index (χ0v) is 19.4. The number of nitrogens with one attached hydrogen (secondary N) is 2. The van der Waals surface area contributed by atoms with Crippen LogP contribution < -0.4 is 15.5 Å². The summed E-state index contributed by atoms with van der Waals surface area (Å²) in [5.41, 5.74) is 2.29. The van der Waals surface area contributed by atoms with Crippen molar-refractivity contribution < 1.29 is 38.9 Å². The molecule has 0 aliphatic heterocycles. The fraction of sp³-hybridized carbons (Fsp3) is 0.320. The number of allylic oxidation sites excluding steroid dienone is 1. The zero-order valence-electron chi connectivity index (χ0n) is 19.4. The van der Waals surface area contributed by atoms with Crippen LogP contribution in [0.2, 0.25) is 0 Å². The summed E-state index contributed by atoms with van der Waals surface area (Å²) in [6.45, 7) is 1.90. The predicted octanol–water partition coefficient (Wildman–Crippen LogP) is 2.91. The molecule has 0 saturated carbocycles. The van der Waals surface area contributed by atoms with E-state index in [1.807, 2.05) is 0 Å². The molecule has 35 heavy (non-hydrogen) atoms. The molecule has 188 valence electrons. The van der Waals surface area contributed by atoms with E-state index >= 15 is 0 Å². The number of aliphatic hydroxyl groups excluding tert-OH is 1. The van der Waals surface area contributed by atoms with Gasteiger partial charge in [0.15, 0.2) is 6.10 Å². The van der Waals surface area contributed by atoms with Crippen LogP contribution in [-0.4, -0.2) is 54.1 Å². The zero-order chi connectivity index (χ0) is 25.5. The molecule has 0 fully saturated rings. The molecule has 0 spiro atoms. The van der Waals surface area contributed by atoms with E-state index < -0.39 is 30.1 Å². The second-order valence-corrected chi connectivity index (χ2v) is 7.21. The Morgan fingerprint density at radius 1 is 1.06 bits per heavy atom. The van der Waals surface area contributed by atoms with Gasteiger partial charge in [-0.3, -0.25) is 20.1 Å². The van der Waals surface area contributed by atoms with Crippen LogP contribution in [0.15, 0.2) is 66.7 Å². The molecule has 3 amide bonds. The van der Waals surface area contributed by atoms with E-state index in [1.165, 1.54) is 11.6 Å². The topological polar surface area (TPSA) is 143 Å². The highest BCUT2D eigenvalue weighted by molar-refractivity contribution is 6.02. The van der Waals surface area contributed by atoms with Crippen LogP contribution in [0.3, 0.4) is 0 Å². The Bertz CT molecular complexity index is 980. The van der Waals surface area contributed by atoms with E-state index in [4.69, 9.17) is 19.4 Å². The van der Waals surface area contributed by atoms with E-state index in [9.17, 15) is 19.5 Å². The molecule has 0 bridgehead atoms. The van der Waals surface area contributed by atoms with Crippen molar-refractivity contribution in [2.24, 2.45) is 0 Å². The Morgan fingerprint density at radius 3 is 2.46 bits per heavy atom. The highest BCUT2D eigenvalue weighted by Gasteiger charge is 2.30. The third kappa shape index (κ3) is 9.20. The Morgan fingerprint density at radius 2 is 1.77 bits per heavy atom. The number of ether oxygens (including phenoxy) is 3. The summed E-state index contributed by atoms with van der Waals surface area (Å²) in [5.74, 6) is -0.911. The minimum Gasteiger partial charge on any atom is -0.491 e. The molecular formula is C25H30N2O8. The maximum atomic E-state index is 12.7. The second kappa shape index (κ2) is 15.2. The molecule has 2 aromatic rings. The van der Waals surface area contributed by atoms with Gasteiger partial charge in [-0.2, -0.15) is 0 Å². The van der Waals surface area contributed by atoms with Gasteiger partial charge in [0, 0.05) is 23.8 Å². The highest BCUT2D eigenvalue weighted by Crippen LogP contribution is 2.33. The van der Waals surface area contributed by atoms with Crippen LogP contribution in [0, 0.1) is 0 Å². The first-order valence-electron chi connectivity index (χ1n) is 11.1. The largest absolute Gasteiger partial charge is 0.491 e. The number of carbonyl (C=O) groups excluding carboxylic acids is 3. The summed E-state index contributed by atoms with van der Waals surface area (Å²) in [7, 11) is 0. The van der Waals surface area contributed by atoms with Crippen molar-refractivity contribution >= 4 is 17.9 Å². The fourth-order valence-electron chi connectivity index (χ4n) is 3.27. The average Bonchev–Trinajstić information content (AvgIpc) is 2.88. The summed E-state index contributed by atoms with van der Waals surface area (Å²) in [6.07, 6.45) is 0.793. The van der Waals surface area contributed by atoms with Gasteiger partial charge in [-0.05, 0) is 38.0 Å². The molecule has 2 atom stereocenters. The van der Waals surface area contributed by atoms with Crippen molar-refractivity contribution in [3.63, 3.8) is 0 Å². The minimum atomic E-state index is -0.978. The Hall–Kier alpha value is -3.73. The minimum absolute atomic E-state index is 0.0285. The molecule has 0 aliphatic carbocycles. The van der Waals surface area contributed by atoms with E-state index in [-0.39, 0.29) is 13.2 Å². The lowest BCUT2D eigenvalue weighted by Gasteiger charge is -2.28. The van der Waals surface area contributed by atoms with E-state index in [0.29, 0.717) is 36.3 Å². The van der Waals surface area contributed by atoms with Crippen LogP contribution in [0.4, 0.5) is 4.79 Å². The Labute approximate surface area is 203 Å². The monoisotopic (exact) mass is 486 g/mol. The molecule has 0 aromatic heterocycles. The van der Waals surface area contributed by atoms with Crippen molar-refractivity contribution in [1.82, 2.24) is 10.8 Å². The van der Waals surface area contributed by atoms with Crippen molar-refractivity contribution in [3.05, 3.63) is 77.9 Å². The number of imide groups is 1. The van der Waals surface area contributed by atoms with Gasteiger partial charge in [0.05, 0.1) is 12.7 Å². The number of benzene rings is 2. The van der Waals surface area contributed by atoms with Crippen LogP contribution in [-0.2, 0) is 14.3 Å². The Balaban J connectivity index is 2.28. The average molecular weight is 487 g/mol. The number of amides is 3. The maximum Gasteiger partial charge on any atom is 0.414 e. The van der Waals surface area contributed by atoms with E-state index in [0.717, 1.165) is 0 Å². The SMILES string of the molecule is CCO[C@H](CC/C=C/C(=O)NO)[C@H](OC(=O)NC(=O)c1ccccc1)c1ccccc1OCCO. The molecule has 2 aromatic carbocycles. The van der Waals surface area contributed by atoms with Crippen molar-refractivity contribution in [2.45, 2.75) is 32.0 Å². The van der Waals surface area contributed by atoms with E-state index in [1.54, 1.807) is 67.6 Å². The summed E-state index contributed by atoms with van der Waals surface area (Å²) in [6, 6.07) is 15.1. The van der Waals surface area contributed by atoms with Crippen LogP contribution >= 0.6 is 0 Å². The summed E-state index contributed by atoms with van der Waals surface area (Å²) in [4.78, 5) is 36.4. The number of para-hydroxylation sites is 1. The number of hydrogen-bond acceptors (Lipinski definition) is 8. The van der Waals surface area contributed by atoms with Crippen molar-refractivity contribution in [3.8, 4) is 5.75 Å². The van der Waals surface area contributed by atoms with Gasteiger partial charge in [-0.15, -0.1) is 0 Å². The van der Waals surface area contributed by atoms with Crippen molar-refractivity contribution in [1.29, 1.82) is 0 Å². The standard InChI is InChI=1S/C25H30N2O8/c1-2-33-21(14-8-9-15-22(29)27-32)23(19-12-6-7-13-20(19)34-17-16-28)35-25(31)26-24(30)18-10-4-3-5-11-18/h3-7,9-13,15,21,23,28,32H,2,8,14,16-17H2,1H3,(H,27,29)(H,26,30,31)/b15-9+/t21-,23-/m1/s1. The van der Waals surface area contributed by atoms with Gasteiger partial charge in [0.2, 0.25) is 0 Å². The quantitative estimate of drug-likeness (QED) is 0.192. The van der Waals surface area contributed by atoms with E-state index in [2.05, 4.69) is 5.32 Å². The van der Waals surface area contributed by atoms with Crippen LogP contribution in [0.25, 0.3) is 0 Å². The lowest BCUT2D eigenvalue weighted by molar-refractivity contribution is -0.124. The first-order chi connectivity index (χ1) is 17.0. The molecule has 10 nitrogen and oxygen atoms in total. The van der Waals surface area contributed by atoms with Crippen LogP contribution in [0.5, 0.6) is 5.75 Å². The predicted molar refractivity (Wildman–Crippen MR) is 126 cm³/mol. The molecule has 0 aliphatic rings.